The van der Waals surface area contributed by atoms with Crippen LogP contribution in [-0.2, 0) is 22.5 Å². The highest BCUT2D eigenvalue weighted by Crippen LogP contribution is 2.33. The zero-order chi connectivity index (χ0) is 25.8. The van der Waals surface area contributed by atoms with E-state index in [-0.39, 0.29) is 17.6 Å². The van der Waals surface area contributed by atoms with Gasteiger partial charge in [-0.3, -0.25) is 4.79 Å². The average Bonchev–Trinajstić information content (AvgIpc) is 3.39. The van der Waals surface area contributed by atoms with Crippen molar-refractivity contribution in [3.63, 3.8) is 0 Å². The van der Waals surface area contributed by atoms with Gasteiger partial charge in [0.2, 0.25) is 5.91 Å². The number of methoxy groups -OCH3 is 1. The lowest BCUT2D eigenvalue weighted by atomic mass is 10.1. The number of nitrogens with zero attached hydrogens (tertiary/aromatic N) is 2. The molecule has 0 spiro atoms. The first-order valence-corrected chi connectivity index (χ1v) is 12.1. The lowest BCUT2D eigenvalue weighted by molar-refractivity contribution is -0.114. The third kappa shape index (κ3) is 5.27. The van der Waals surface area contributed by atoms with Crippen molar-refractivity contribution >= 4 is 45.2 Å². The number of aromatic amines is 1. The monoisotopic (exact) mass is 487 g/mol. The third-order valence-electron chi connectivity index (χ3n) is 6.28. The Balaban J connectivity index is 1.74. The van der Waals surface area contributed by atoms with E-state index in [0.717, 1.165) is 40.6 Å². The van der Waals surface area contributed by atoms with E-state index in [4.69, 9.17) is 9.72 Å². The maximum absolute atomic E-state index is 12.9. The lowest BCUT2D eigenvalue weighted by Crippen LogP contribution is -2.16. The number of fused-ring (bicyclic) bond motifs is 2. The molecule has 8 heteroatoms. The Morgan fingerprint density at radius 3 is 2.72 bits per heavy atom. The molecule has 1 aromatic carbocycles. The molecule has 1 unspecified atom stereocenters. The van der Waals surface area contributed by atoms with Crippen molar-refractivity contribution in [1.82, 2.24) is 14.5 Å². The molecule has 0 aliphatic carbocycles. The van der Waals surface area contributed by atoms with Gasteiger partial charge >= 0.3 is 5.97 Å². The summed E-state index contributed by atoms with van der Waals surface area (Å²) in [7, 11) is 1.34. The number of aromatic nitrogens is 3. The lowest BCUT2D eigenvalue weighted by Gasteiger charge is -2.15. The van der Waals surface area contributed by atoms with E-state index in [1.807, 2.05) is 42.0 Å². The Labute approximate surface area is 210 Å². The average molecular weight is 488 g/mol. The molecule has 4 aromatic rings. The number of esters is 1. The molecule has 8 nitrogen and oxygen atoms in total. The zero-order valence-corrected chi connectivity index (χ0v) is 21.3. The topological polar surface area (TPSA) is 101 Å². The minimum atomic E-state index is -0.528. The molecule has 0 fully saturated rings. The number of aryl methyl sites for hydroxylation is 2. The zero-order valence-electron chi connectivity index (χ0n) is 21.3. The molecule has 4 rings (SSSR count). The minimum absolute atomic E-state index is 0.203. The van der Waals surface area contributed by atoms with Crippen LogP contribution in [0.3, 0.4) is 0 Å². The molecule has 3 N–H and O–H groups in total. The first-order valence-electron chi connectivity index (χ1n) is 12.1. The van der Waals surface area contributed by atoms with Gasteiger partial charge in [-0.25, -0.2) is 9.78 Å². The van der Waals surface area contributed by atoms with Gasteiger partial charge in [0.25, 0.3) is 0 Å². The summed E-state index contributed by atoms with van der Waals surface area (Å²) >= 11 is 0. The van der Waals surface area contributed by atoms with Gasteiger partial charge in [0, 0.05) is 42.0 Å². The number of hydrogen-bond acceptors (Lipinski definition) is 5. The molecule has 3 aromatic heterocycles. The molecule has 1 amide bonds. The standard InChI is InChI=1S/C28H33N5O3/c1-17(2)10-11-18(3)31-21-14-23-25(32-19(4)34)26(28(35)36-5)33(27(23)30-16-21)13-12-20-15-29-24-9-7-6-8-22(20)24/h6-9,14-16,18,29,31H,1,10-13H2,2-5H3,(H,32,34). The summed E-state index contributed by atoms with van der Waals surface area (Å²) in [5, 5.41) is 8.14. The number of nitrogens with one attached hydrogen (secondary N) is 3. The van der Waals surface area contributed by atoms with Gasteiger partial charge in [-0.05, 0) is 50.8 Å². The van der Waals surface area contributed by atoms with Gasteiger partial charge < -0.3 is 24.9 Å². The SMILES string of the molecule is C=C(C)CCC(C)Nc1cnc2c(c1)c(NC(C)=O)c(C(=O)OC)n2CCc1c[nH]c2ccccc12. The smallest absolute Gasteiger partial charge is 0.356 e. The van der Waals surface area contributed by atoms with Crippen molar-refractivity contribution < 1.29 is 14.3 Å². The van der Waals surface area contributed by atoms with Crippen LogP contribution < -0.4 is 10.6 Å². The van der Waals surface area contributed by atoms with Gasteiger partial charge in [0.1, 0.15) is 5.65 Å². The van der Waals surface area contributed by atoms with Crippen LogP contribution in [0.2, 0.25) is 0 Å². The van der Waals surface area contributed by atoms with Crippen LogP contribution >= 0.6 is 0 Å². The number of hydrogen-bond donors (Lipinski definition) is 3. The van der Waals surface area contributed by atoms with Crippen LogP contribution in [0.5, 0.6) is 0 Å². The van der Waals surface area contributed by atoms with E-state index in [1.165, 1.54) is 14.0 Å². The number of ether oxygens (including phenoxy) is 1. The fourth-order valence-electron chi connectivity index (χ4n) is 4.52. The second-order valence-corrected chi connectivity index (χ2v) is 9.29. The number of rotatable bonds is 10. The molecule has 0 saturated carbocycles. The fraction of sp³-hybridized carbons (Fsp3) is 0.321. The van der Waals surface area contributed by atoms with Gasteiger partial charge in [0.05, 0.1) is 24.7 Å². The predicted molar refractivity (Wildman–Crippen MR) is 145 cm³/mol. The summed E-state index contributed by atoms with van der Waals surface area (Å²) < 4.78 is 6.95. The third-order valence-corrected chi connectivity index (χ3v) is 6.28. The number of pyridine rings is 1. The highest BCUT2D eigenvalue weighted by molar-refractivity contribution is 6.11. The van der Waals surface area contributed by atoms with Crippen molar-refractivity contribution in [3.05, 3.63) is 66.1 Å². The second kappa shape index (κ2) is 10.7. The van der Waals surface area contributed by atoms with Crippen LogP contribution in [0.15, 0.2) is 54.9 Å². The Bertz CT molecular complexity index is 1430. The molecule has 0 radical (unpaired) electrons. The highest BCUT2D eigenvalue weighted by atomic mass is 16.5. The van der Waals surface area contributed by atoms with Crippen molar-refractivity contribution in [1.29, 1.82) is 0 Å². The number of H-pyrrole nitrogens is 1. The molecule has 0 aliphatic rings. The molecular formula is C28H33N5O3. The fourth-order valence-corrected chi connectivity index (χ4v) is 4.52. The number of carbonyl (C=O) groups is 2. The summed E-state index contributed by atoms with van der Waals surface area (Å²) in [5.41, 5.74) is 5.45. The summed E-state index contributed by atoms with van der Waals surface area (Å²) in [4.78, 5) is 33.1. The Morgan fingerprint density at radius 1 is 1.22 bits per heavy atom. The van der Waals surface area contributed by atoms with Crippen LogP contribution in [0.4, 0.5) is 11.4 Å². The van der Waals surface area contributed by atoms with Gasteiger partial charge in [0.15, 0.2) is 5.69 Å². The number of para-hydroxylation sites is 1. The molecule has 188 valence electrons. The molecule has 36 heavy (non-hydrogen) atoms. The molecule has 1 atom stereocenters. The first kappa shape index (κ1) is 25.0. The van der Waals surface area contributed by atoms with Crippen molar-refractivity contribution in [2.24, 2.45) is 0 Å². The molecular weight excluding hydrogens is 454 g/mol. The van der Waals surface area contributed by atoms with E-state index >= 15 is 0 Å². The summed E-state index contributed by atoms with van der Waals surface area (Å²) in [6, 6.07) is 10.2. The van der Waals surface area contributed by atoms with Crippen molar-refractivity contribution in [2.45, 2.75) is 52.6 Å². The number of amides is 1. The number of benzene rings is 1. The Kier molecular flexibility index (Phi) is 7.43. The molecule has 0 saturated heterocycles. The van der Waals surface area contributed by atoms with Crippen molar-refractivity contribution in [3.8, 4) is 0 Å². The van der Waals surface area contributed by atoms with E-state index in [0.29, 0.717) is 29.7 Å². The molecule has 3 heterocycles. The number of carbonyl (C=O) groups excluding carboxylic acids is 2. The largest absolute Gasteiger partial charge is 0.464 e. The maximum Gasteiger partial charge on any atom is 0.356 e. The maximum atomic E-state index is 12.9. The van der Waals surface area contributed by atoms with E-state index in [2.05, 4.69) is 35.2 Å². The normalized spacial score (nSPS) is 12.0. The molecule has 0 bridgehead atoms. The summed E-state index contributed by atoms with van der Waals surface area (Å²) in [6.07, 6.45) is 6.28. The summed E-state index contributed by atoms with van der Waals surface area (Å²) in [6.45, 7) is 10.0. The van der Waals surface area contributed by atoms with Crippen molar-refractivity contribution in [2.75, 3.05) is 17.7 Å². The van der Waals surface area contributed by atoms with E-state index in [9.17, 15) is 9.59 Å². The summed E-state index contributed by atoms with van der Waals surface area (Å²) in [5.74, 6) is -0.802. The van der Waals surface area contributed by atoms with Gasteiger partial charge in [-0.1, -0.05) is 23.8 Å². The van der Waals surface area contributed by atoms with Crippen LogP contribution in [0.25, 0.3) is 21.9 Å². The van der Waals surface area contributed by atoms with Crippen LogP contribution in [0.1, 0.15) is 49.7 Å². The minimum Gasteiger partial charge on any atom is -0.464 e. The molecule has 0 aliphatic heterocycles. The van der Waals surface area contributed by atoms with E-state index in [1.54, 1.807) is 6.20 Å². The highest BCUT2D eigenvalue weighted by Gasteiger charge is 2.26. The quantitative estimate of drug-likeness (QED) is 0.198. The van der Waals surface area contributed by atoms with Crippen LogP contribution in [-0.4, -0.2) is 39.6 Å². The van der Waals surface area contributed by atoms with E-state index < -0.39 is 5.97 Å². The van der Waals surface area contributed by atoms with Gasteiger partial charge in [-0.15, -0.1) is 6.58 Å². The predicted octanol–water partition coefficient (Wildman–Crippen LogP) is 5.66. The van der Waals surface area contributed by atoms with Crippen LogP contribution in [0, 0.1) is 0 Å². The Hall–Kier alpha value is -4.07. The Morgan fingerprint density at radius 2 is 2.00 bits per heavy atom. The number of allylic oxidation sites excluding steroid dienone is 1. The number of anilines is 2. The second-order valence-electron chi connectivity index (χ2n) is 9.29. The first-order chi connectivity index (χ1) is 17.3. The van der Waals surface area contributed by atoms with Gasteiger partial charge in [-0.2, -0.15) is 0 Å².